The molecule has 0 aromatic carbocycles. The van der Waals surface area contributed by atoms with Crippen molar-refractivity contribution in [2.45, 2.75) is 46.0 Å². The summed E-state index contributed by atoms with van der Waals surface area (Å²) < 4.78 is 0. The molecule has 20 heavy (non-hydrogen) atoms. The van der Waals surface area contributed by atoms with Crippen molar-refractivity contribution in [2.75, 3.05) is 18.0 Å². The lowest BCUT2D eigenvalue weighted by molar-refractivity contribution is -0.150. The van der Waals surface area contributed by atoms with Crippen molar-refractivity contribution < 1.29 is 9.90 Å². The number of nitrogens with zero attached hydrogens (tertiary/aromatic N) is 3. The van der Waals surface area contributed by atoms with E-state index in [2.05, 4.69) is 21.8 Å². The van der Waals surface area contributed by atoms with Crippen LogP contribution in [0.4, 0.5) is 5.82 Å². The fraction of sp³-hybridized carbons (Fsp3) is 0.667. The minimum atomic E-state index is -0.658. The van der Waals surface area contributed by atoms with Gasteiger partial charge in [-0.05, 0) is 25.7 Å². The summed E-state index contributed by atoms with van der Waals surface area (Å²) >= 11 is 0. The molecular formula is C15H23N3O2. The zero-order valence-corrected chi connectivity index (χ0v) is 12.3. The summed E-state index contributed by atoms with van der Waals surface area (Å²) in [6.45, 7) is 5.60. The number of aromatic nitrogens is 2. The highest BCUT2D eigenvalue weighted by Gasteiger charge is 2.40. The Morgan fingerprint density at radius 3 is 2.60 bits per heavy atom. The van der Waals surface area contributed by atoms with E-state index < -0.39 is 11.4 Å². The molecule has 0 bridgehead atoms. The Bertz CT molecular complexity index is 468. The molecular weight excluding hydrogens is 254 g/mol. The molecule has 1 N–H and O–H groups in total. The van der Waals surface area contributed by atoms with Gasteiger partial charge in [-0.25, -0.2) is 9.97 Å². The van der Waals surface area contributed by atoms with Crippen molar-refractivity contribution in [3.05, 3.63) is 18.1 Å². The molecule has 0 saturated carbocycles. The molecule has 110 valence electrons. The Balaban J connectivity index is 2.07. The molecule has 5 nitrogen and oxygen atoms in total. The van der Waals surface area contributed by atoms with Crippen LogP contribution in [0.3, 0.4) is 0 Å². The molecule has 2 rings (SSSR count). The van der Waals surface area contributed by atoms with Crippen LogP contribution in [-0.2, 0) is 11.2 Å². The van der Waals surface area contributed by atoms with E-state index in [0.717, 1.165) is 37.4 Å². The normalized spacial score (nSPS) is 18.0. The highest BCUT2D eigenvalue weighted by Crippen LogP contribution is 2.36. The van der Waals surface area contributed by atoms with Gasteiger partial charge in [0.15, 0.2) is 0 Å². The summed E-state index contributed by atoms with van der Waals surface area (Å²) in [7, 11) is 0. The first-order valence-electron chi connectivity index (χ1n) is 7.40. The third-order valence-corrected chi connectivity index (χ3v) is 4.39. The van der Waals surface area contributed by atoms with Crippen LogP contribution in [0.25, 0.3) is 0 Å². The van der Waals surface area contributed by atoms with Gasteiger partial charge in [-0.15, -0.1) is 0 Å². The van der Waals surface area contributed by atoms with Crippen molar-refractivity contribution in [1.29, 1.82) is 0 Å². The molecule has 1 saturated heterocycles. The molecule has 1 aromatic heterocycles. The van der Waals surface area contributed by atoms with Crippen LogP contribution in [-0.4, -0.2) is 34.1 Å². The summed E-state index contributed by atoms with van der Waals surface area (Å²) in [5.41, 5.74) is 0.513. The fourth-order valence-electron chi connectivity index (χ4n) is 2.83. The maximum absolute atomic E-state index is 11.4. The van der Waals surface area contributed by atoms with Crippen molar-refractivity contribution in [2.24, 2.45) is 5.41 Å². The second kappa shape index (κ2) is 6.20. The van der Waals surface area contributed by atoms with Crippen molar-refractivity contribution >= 4 is 11.8 Å². The van der Waals surface area contributed by atoms with E-state index in [1.165, 1.54) is 0 Å². The molecule has 0 aliphatic carbocycles. The zero-order chi connectivity index (χ0) is 14.6. The summed E-state index contributed by atoms with van der Waals surface area (Å²) in [6, 6.07) is 2.03. The van der Waals surface area contributed by atoms with Crippen molar-refractivity contribution in [1.82, 2.24) is 9.97 Å². The Labute approximate surface area is 120 Å². The van der Waals surface area contributed by atoms with Crippen LogP contribution in [0.15, 0.2) is 12.4 Å². The molecule has 0 amide bonds. The molecule has 0 spiro atoms. The van der Waals surface area contributed by atoms with Gasteiger partial charge in [-0.2, -0.15) is 0 Å². The molecule has 0 unspecified atom stereocenters. The number of aryl methyl sites for hydroxylation is 1. The number of aliphatic carboxylic acids is 1. The number of carboxylic acid groups (broad SMARTS) is 1. The smallest absolute Gasteiger partial charge is 0.309 e. The van der Waals surface area contributed by atoms with E-state index in [0.29, 0.717) is 19.3 Å². The van der Waals surface area contributed by atoms with Gasteiger partial charge < -0.3 is 10.0 Å². The van der Waals surface area contributed by atoms with E-state index in [1.807, 2.05) is 13.0 Å². The number of anilines is 1. The first kappa shape index (κ1) is 14.8. The third-order valence-electron chi connectivity index (χ3n) is 4.39. The average Bonchev–Trinajstić information content (AvgIpc) is 2.48. The van der Waals surface area contributed by atoms with Gasteiger partial charge in [-0.3, -0.25) is 4.79 Å². The molecule has 2 heterocycles. The highest BCUT2D eigenvalue weighted by molar-refractivity contribution is 5.75. The minimum Gasteiger partial charge on any atom is -0.481 e. The first-order valence-corrected chi connectivity index (χ1v) is 7.40. The second-order valence-corrected chi connectivity index (χ2v) is 5.54. The molecule has 1 aliphatic heterocycles. The average molecular weight is 277 g/mol. The van der Waals surface area contributed by atoms with Crippen molar-refractivity contribution in [3.63, 3.8) is 0 Å². The summed E-state index contributed by atoms with van der Waals surface area (Å²) in [6.07, 6.45) is 5.70. The number of hydrogen-bond donors (Lipinski definition) is 1. The first-order chi connectivity index (χ1) is 9.61. The van der Waals surface area contributed by atoms with Crippen LogP contribution in [0.1, 0.15) is 45.2 Å². The number of rotatable bonds is 5. The predicted octanol–water partition coefficient (Wildman–Crippen LogP) is 2.51. The SMILES string of the molecule is CCCc1cc(N2CCC(CC)(C(=O)O)CC2)ncn1. The Morgan fingerprint density at radius 2 is 2.05 bits per heavy atom. The lowest BCUT2D eigenvalue weighted by Gasteiger charge is -2.38. The van der Waals surface area contributed by atoms with Gasteiger partial charge in [0.1, 0.15) is 12.1 Å². The molecule has 1 aliphatic rings. The molecule has 1 aromatic rings. The maximum Gasteiger partial charge on any atom is 0.309 e. The number of hydrogen-bond acceptors (Lipinski definition) is 4. The van der Waals surface area contributed by atoms with Gasteiger partial charge in [0, 0.05) is 24.8 Å². The molecule has 0 atom stereocenters. The lowest BCUT2D eigenvalue weighted by atomic mass is 9.76. The molecule has 5 heteroatoms. The van der Waals surface area contributed by atoms with Crippen LogP contribution < -0.4 is 4.90 Å². The van der Waals surface area contributed by atoms with Gasteiger partial charge in [0.05, 0.1) is 5.41 Å². The zero-order valence-electron chi connectivity index (χ0n) is 12.3. The van der Waals surface area contributed by atoms with Crippen LogP contribution in [0, 0.1) is 5.41 Å². The standard InChI is InChI=1S/C15H23N3O2/c1-3-5-12-10-13(17-11-16-12)18-8-6-15(4-2,7-9-18)14(19)20/h10-11H,3-9H2,1-2H3,(H,19,20). The number of carboxylic acids is 1. The van der Waals surface area contributed by atoms with Gasteiger partial charge >= 0.3 is 5.97 Å². The number of carbonyl (C=O) groups is 1. The Kier molecular flexibility index (Phi) is 4.57. The van der Waals surface area contributed by atoms with E-state index in [9.17, 15) is 9.90 Å². The summed E-state index contributed by atoms with van der Waals surface area (Å²) in [5, 5.41) is 9.42. The van der Waals surface area contributed by atoms with E-state index in [-0.39, 0.29) is 0 Å². The maximum atomic E-state index is 11.4. The Hall–Kier alpha value is -1.65. The van der Waals surface area contributed by atoms with E-state index in [1.54, 1.807) is 6.33 Å². The lowest BCUT2D eigenvalue weighted by Crippen LogP contribution is -2.44. The highest BCUT2D eigenvalue weighted by atomic mass is 16.4. The predicted molar refractivity (Wildman–Crippen MR) is 77.8 cm³/mol. The summed E-state index contributed by atoms with van der Waals surface area (Å²) in [4.78, 5) is 22.2. The largest absolute Gasteiger partial charge is 0.481 e. The monoisotopic (exact) mass is 277 g/mol. The van der Waals surface area contributed by atoms with Gasteiger partial charge in [0.2, 0.25) is 0 Å². The van der Waals surface area contributed by atoms with Crippen LogP contribution in [0.2, 0.25) is 0 Å². The van der Waals surface area contributed by atoms with Crippen molar-refractivity contribution in [3.8, 4) is 0 Å². The Morgan fingerprint density at radius 1 is 1.35 bits per heavy atom. The summed E-state index contributed by atoms with van der Waals surface area (Å²) in [5.74, 6) is 0.271. The second-order valence-electron chi connectivity index (χ2n) is 5.54. The fourth-order valence-corrected chi connectivity index (χ4v) is 2.83. The number of piperidine rings is 1. The molecule has 0 radical (unpaired) electrons. The van der Waals surface area contributed by atoms with Crippen LogP contribution in [0.5, 0.6) is 0 Å². The topological polar surface area (TPSA) is 66.3 Å². The third kappa shape index (κ3) is 2.92. The van der Waals surface area contributed by atoms with Gasteiger partial charge in [0.25, 0.3) is 0 Å². The van der Waals surface area contributed by atoms with E-state index in [4.69, 9.17) is 0 Å². The van der Waals surface area contributed by atoms with Crippen LogP contribution >= 0.6 is 0 Å². The minimum absolute atomic E-state index is 0.546. The van der Waals surface area contributed by atoms with Gasteiger partial charge in [-0.1, -0.05) is 20.3 Å². The quantitative estimate of drug-likeness (QED) is 0.895. The molecule has 1 fully saturated rings. The van der Waals surface area contributed by atoms with E-state index >= 15 is 0 Å².